The molecule has 26 heavy (non-hydrogen) atoms. The van der Waals surface area contributed by atoms with E-state index in [1.165, 1.54) is 19.3 Å². The van der Waals surface area contributed by atoms with Crippen molar-refractivity contribution in [2.75, 3.05) is 7.11 Å². The molecular formula is C21H15ClO4. The monoisotopic (exact) mass is 366 g/mol. The number of rotatable bonds is 5. The molecule has 3 aromatic carbocycles. The van der Waals surface area contributed by atoms with E-state index in [1.807, 2.05) is 30.3 Å². The fourth-order valence-electron chi connectivity index (χ4n) is 2.60. The van der Waals surface area contributed by atoms with Gasteiger partial charge in [0.1, 0.15) is 0 Å². The SMILES string of the molecule is COc1ccc(/C=C/C(=O)Cl)cc1OC(=O)c1cccc2ccccc12. The molecule has 0 unspecified atom stereocenters. The number of hydrogen-bond donors (Lipinski definition) is 0. The minimum absolute atomic E-state index is 0.259. The Hall–Kier alpha value is -3.11. The van der Waals surface area contributed by atoms with Crippen LogP contribution >= 0.6 is 11.6 Å². The van der Waals surface area contributed by atoms with Gasteiger partial charge in [-0.1, -0.05) is 48.5 Å². The van der Waals surface area contributed by atoms with Crippen molar-refractivity contribution in [2.24, 2.45) is 0 Å². The zero-order valence-corrected chi connectivity index (χ0v) is 14.7. The Morgan fingerprint density at radius 2 is 1.73 bits per heavy atom. The quantitative estimate of drug-likeness (QED) is 0.280. The molecule has 3 aromatic rings. The summed E-state index contributed by atoms with van der Waals surface area (Å²) in [7, 11) is 1.49. The molecule has 0 N–H and O–H groups in total. The molecule has 130 valence electrons. The maximum atomic E-state index is 12.7. The first-order chi connectivity index (χ1) is 12.6. The van der Waals surface area contributed by atoms with Crippen LogP contribution in [0.1, 0.15) is 15.9 Å². The average molecular weight is 367 g/mol. The number of allylic oxidation sites excluding steroid dienone is 1. The number of esters is 1. The molecule has 0 spiro atoms. The van der Waals surface area contributed by atoms with Crippen LogP contribution in [0.4, 0.5) is 0 Å². The molecule has 0 amide bonds. The predicted octanol–water partition coefficient (Wildman–Crippen LogP) is 4.85. The Balaban J connectivity index is 1.95. The number of carbonyl (C=O) groups excluding carboxylic acids is 2. The second-order valence-electron chi connectivity index (χ2n) is 5.46. The van der Waals surface area contributed by atoms with Gasteiger partial charge in [0.15, 0.2) is 11.5 Å². The number of halogens is 1. The molecule has 0 aliphatic carbocycles. The summed E-state index contributed by atoms with van der Waals surface area (Å²) >= 11 is 5.31. The van der Waals surface area contributed by atoms with Gasteiger partial charge in [0, 0.05) is 0 Å². The summed E-state index contributed by atoms with van der Waals surface area (Å²) in [5.41, 5.74) is 1.11. The second kappa shape index (κ2) is 7.85. The van der Waals surface area contributed by atoms with Crippen LogP contribution < -0.4 is 9.47 Å². The lowest BCUT2D eigenvalue weighted by atomic mass is 10.0. The molecule has 0 fully saturated rings. The van der Waals surface area contributed by atoms with Crippen LogP contribution in [-0.2, 0) is 4.79 Å². The van der Waals surface area contributed by atoms with Crippen LogP contribution in [0.3, 0.4) is 0 Å². The second-order valence-corrected chi connectivity index (χ2v) is 5.84. The normalized spacial score (nSPS) is 10.8. The first kappa shape index (κ1) is 17.7. The number of methoxy groups -OCH3 is 1. The van der Waals surface area contributed by atoms with Crippen molar-refractivity contribution < 1.29 is 19.1 Å². The van der Waals surface area contributed by atoms with Gasteiger partial charge in [0.05, 0.1) is 12.7 Å². The van der Waals surface area contributed by atoms with Crippen LogP contribution in [0.25, 0.3) is 16.8 Å². The molecule has 0 bridgehead atoms. The van der Waals surface area contributed by atoms with E-state index in [9.17, 15) is 9.59 Å². The third-order valence-electron chi connectivity index (χ3n) is 3.81. The lowest BCUT2D eigenvalue weighted by molar-refractivity contribution is -0.107. The van der Waals surface area contributed by atoms with Crippen molar-refractivity contribution in [1.82, 2.24) is 0 Å². The summed E-state index contributed by atoms with van der Waals surface area (Å²) in [5, 5.41) is 1.17. The van der Waals surface area contributed by atoms with Gasteiger partial charge in [-0.3, -0.25) is 4.79 Å². The molecule has 5 heteroatoms. The van der Waals surface area contributed by atoms with Crippen LogP contribution in [0.5, 0.6) is 11.5 Å². The fourth-order valence-corrected chi connectivity index (χ4v) is 2.66. The molecule has 0 heterocycles. The number of carbonyl (C=O) groups is 2. The van der Waals surface area contributed by atoms with Crippen molar-refractivity contribution in [3.05, 3.63) is 77.9 Å². The first-order valence-corrected chi connectivity index (χ1v) is 8.22. The van der Waals surface area contributed by atoms with Gasteiger partial charge in [-0.2, -0.15) is 0 Å². The fraction of sp³-hybridized carbons (Fsp3) is 0.0476. The van der Waals surface area contributed by atoms with Gasteiger partial charge in [-0.05, 0) is 52.2 Å². The highest BCUT2D eigenvalue weighted by molar-refractivity contribution is 6.66. The van der Waals surface area contributed by atoms with Gasteiger partial charge in [0.2, 0.25) is 5.24 Å². The maximum Gasteiger partial charge on any atom is 0.344 e. The van der Waals surface area contributed by atoms with Crippen molar-refractivity contribution in [3.8, 4) is 11.5 Å². The molecule has 4 nitrogen and oxygen atoms in total. The Morgan fingerprint density at radius 1 is 0.962 bits per heavy atom. The molecule has 3 rings (SSSR count). The smallest absolute Gasteiger partial charge is 0.344 e. The number of hydrogen-bond acceptors (Lipinski definition) is 4. The third kappa shape index (κ3) is 3.92. The Morgan fingerprint density at radius 3 is 2.50 bits per heavy atom. The third-order valence-corrected chi connectivity index (χ3v) is 3.93. The highest BCUT2D eigenvalue weighted by atomic mass is 35.5. The summed E-state index contributed by atoms with van der Waals surface area (Å²) in [6.07, 6.45) is 2.75. The van der Waals surface area contributed by atoms with Gasteiger partial charge in [-0.25, -0.2) is 4.79 Å². The highest BCUT2D eigenvalue weighted by Gasteiger charge is 2.15. The molecule has 0 saturated heterocycles. The highest BCUT2D eigenvalue weighted by Crippen LogP contribution is 2.30. The minimum atomic E-state index is -0.588. The lowest BCUT2D eigenvalue weighted by Crippen LogP contribution is -2.10. The van der Waals surface area contributed by atoms with E-state index in [2.05, 4.69) is 0 Å². The topological polar surface area (TPSA) is 52.6 Å². The Bertz CT molecular complexity index is 1000. The van der Waals surface area contributed by atoms with Crippen LogP contribution in [0.15, 0.2) is 66.7 Å². The van der Waals surface area contributed by atoms with E-state index >= 15 is 0 Å². The summed E-state index contributed by atoms with van der Waals surface area (Å²) in [6, 6.07) is 18.0. The molecule has 0 aliphatic rings. The first-order valence-electron chi connectivity index (χ1n) is 7.84. The Kier molecular flexibility index (Phi) is 5.34. The van der Waals surface area contributed by atoms with Crippen molar-refractivity contribution in [1.29, 1.82) is 0 Å². The molecule has 0 atom stereocenters. The van der Waals surface area contributed by atoms with Crippen molar-refractivity contribution in [3.63, 3.8) is 0 Å². The number of fused-ring (bicyclic) bond motifs is 1. The van der Waals surface area contributed by atoms with Gasteiger partial charge < -0.3 is 9.47 Å². The summed E-state index contributed by atoms with van der Waals surface area (Å²) in [6.45, 7) is 0. The largest absolute Gasteiger partial charge is 0.493 e. The van der Waals surface area contributed by atoms with Gasteiger partial charge in [-0.15, -0.1) is 0 Å². The van der Waals surface area contributed by atoms with E-state index in [4.69, 9.17) is 21.1 Å². The van der Waals surface area contributed by atoms with Gasteiger partial charge in [0.25, 0.3) is 0 Å². The van der Waals surface area contributed by atoms with E-state index in [-0.39, 0.29) is 5.75 Å². The van der Waals surface area contributed by atoms with E-state index in [1.54, 1.807) is 30.3 Å². The van der Waals surface area contributed by atoms with E-state index in [0.717, 1.165) is 10.8 Å². The molecule has 0 saturated carbocycles. The molecule has 0 aromatic heterocycles. The van der Waals surface area contributed by atoms with E-state index < -0.39 is 11.2 Å². The lowest BCUT2D eigenvalue weighted by Gasteiger charge is -2.11. The summed E-state index contributed by atoms with van der Waals surface area (Å²) in [4.78, 5) is 23.6. The molecular weight excluding hydrogens is 352 g/mol. The zero-order chi connectivity index (χ0) is 18.5. The van der Waals surface area contributed by atoms with Crippen LogP contribution in [-0.4, -0.2) is 18.3 Å². The Labute approximate surface area is 155 Å². The number of ether oxygens (including phenoxy) is 2. The van der Waals surface area contributed by atoms with Crippen LogP contribution in [0, 0.1) is 0 Å². The molecule has 0 radical (unpaired) electrons. The maximum absolute atomic E-state index is 12.7. The number of benzene rings is 3. The average Bonchev–Trinajstić information content (AvgIpc) is 2.66. The predicted molar refractivity (Wildman–Crippen MR) is 102 cm³/mol. The van der Waals surface area contributed by atoms with Crippen LogP contribution in [0.2, 0.25) is 0 Å². The van der Waals surface area contributed by atoms with Gasteiger partial charge >= 0.3 is 5.97 Å². The molecule has 0 aliphatic heterocycles. The summed E-state index contributed by atoms with van der Waals surface area (Å²) < 4.78 is 10.8. The summed E-state index contributed by atoms with van der Waals surface area (Å²) in [5.74, 6) is 0.178. The standard InChI is InChI=1S/C21H15ClO4/c1-25-18-11-9-14(10-12-20(22)23)13-19(18)26-21(24)17-8-4-6-15-5-2-3-7-16(15)17/h2-13H,1H3/b12-10+. The zero-order valence-electron chi connectivity index (χ0n) is 13.9. The minimum Gasteiger partial charge on any atom is -0.493 e. The van der Waals surface area contributed by atoms with Crippen molar-refractivity contribution in [2.45, 2.75) is 0 Å². The van der Waals surface area contributed by atoms with E-state index in [0.29, 0.717) is 16.9 Å². The van der Waals surface area contributed by atoms with Crippen molar-refractivity contribution >= 4 is 39.7 Å².